The molecule has 1 aliphatic heterocycles. The number of aliphatic hydroxyl groups excluding tert-OH is 2. The third-order valence-electron chi connectivity index (χ3n) is 4.21. The van der Waals surface area contributed by atoms with Crippen LogP contribution in [0.3, 0.4) is 0 Å². The Hall–Kier alpha value is -1.89. The fraction of sp³-hybridized carbons (Fsp3) is 0.733. The number of hydrogen-bond acceptors (Lipinski definition) is 8. The van der Waals surface area contributed by atoms with Crippen LogP contribution in [0.4, 0.5) is 0 Å². The van der Waals surface area contributed by atoms with E-state index in [1.165, 1.54) is 11.8 Å². The minimum Gasteiger partial charge on any atom is -0.480 e. The van der Waals surface area contributed by atoms with Crippen molar-refractivity contribution in [3.05, 3.63) is 0 Å². The van der Waals surface area contributed by atoms with E-state index in [1.54, 1.807) is 0 Å². The van der Waals surface area contributed by atoms with Gasteiger partial charge < -0.3 is 36.6 Å². The number of rotatable bonds is 9. The molecule has 1 fully saturated rings. The molecular weight excluding hydrogens is 380 g/mol. The number of carboxylic acids is 1. The highest BCUT2D eigenvalue weighted by molar-refractivity contribution is 7.80. The summed E-state index contributed by atoms with van der Waals surface area (Å²) < 4.78 is 0. The Balaban J connectivity index is 2.83. The highest BCUT2D eigenvalue weighted by Gasteiger charge is 2.38. The third kappa shape index (κ3) is 6.06. The normalized spacial score (nSPS) is 21.1. The molecule has 0 spiro atoms. The van der Waals surface area contributed by atoms with Crippen molar-refractivity contribution < 1.29 is 34.5 Å². The number of nitrogens with zero attached hydrogens (tertiary/aromatic N) is 1. The predicted octanol–water partition coefficient (Wildman–Crippen LogP) is -3.34. The van der Waals surface area contributed by atoms with Crippen molar-refractivity contribution in [1.82, 2.24) is 15.5 Å². The molecule has 0 aromatic rings. The number of carbonyl (C=O) groups excluding carboxylic acids is 3. The number of nitrogens with one attached hydrogen (secondary N) is 2. The van der Waals surface area contributed by atoms with Gasteiger partial charge in [-0.15, -0.1) is 0 Å². The van der Waals surface area contributed by atoms with Crippen LogP contribution in [0.25, 0.3) is 0 Å². The highest BCUT2D eigenvalue weighted by atomic mass is 32.1. The molecular formula is C15H26N4O7S. The van der Waals surface area contributed by atoms with Crippen LogP contribution in [-0.4, -0.2) is 93.1 Å². The zero-order valence-electron chi connectivity index (χ0n) is 14.9. The number of aliphatic carboxylic acids is 1. The van der Waals surface area contributed by atoms with Gasteiger partial charge in [-0.25, -0.2) is 4.79 Å². The van der Waals surface area contributed by atoms with Gasteiger partial charge in [-0.05, 0) is 19.8 Å². The van der Waals surface area contributed by atoms with Crippen LogP contribution >= 0.6 is 12.6 Å². The average Bonchev–Trinajstić information content (AvgIpc) is 3.12. The van der Waals surface area contributed by atoms with E-state index >= 15 is 0 Å². The zero-order valence-corrected chi connectivity index (χ0v) is 15.8. The van der Waals surface area contributed by atoms with Crippen LogP contribution in [0.1, 0.15) is 19.8 Å². The predicted molar refractivity (Wildman–Crippen MR) is 96.8 cm³/mol. The second-order valence-electron chi connectivity index (χ2n) is 6.29. The highest BCUT2D eigenvalue weighted by Crippen LogP contribution is 2.18. The Labute approximate surface area is 161 Å². The van der Waals surface area contributed by atoms with Crippen molar-refractivity contribution in [2.75, 3.05) is 18.9 Å². The summed E-state index contributed by atoms with van der Waals surface area (Å²) in [6.45, 7) is 0.856. The first-order chi connectivity index (χ1) is 12.6. The summed E-state index contributed by atoms with van der Waals surface area (Å²) in [4.78, 5) is 49.2. The number of likely N-dealkylation sites (tertiary alicyclic amines) is 1. The SMILES string of the molecule is CC(O)C(NC(=O)C(N)CO)C(=O)NC(CS)C(=O)N1CCCC1C(=O)O. The molecule has 154 valence electrons. The van der Waals surface area contributed by atoms with Crippen molar-refractivity contribution in [3.8, 4) is 0 Å². The van der Waals surface area contributed by atoms with Crippen molar-refractivity contribution in [2.45, 2.75) is 50.0 Å². The molecule has 0 radical (unpaired) electrons. The third-order valence-corrected chi connectivity index (χ3v) is 4.58. The molecule has 0 bridgehead atoms. The summed E-state index contributed by atoms with van der Waals surface area (Å²) >= 11 is 4.03. The van der Waals surface area contributed by atoms with E-state index in [-0.39, 0.29) is 12.3 Å². The Morgan fingerprint density at radius 3 is 2.37 bits per heavy atom. The van der Waals surface area contributed by atoms with E-state index in [1.807, 2.05) is 0 Å². The van der Waals surface area contributed by atoms with Gasteiger partial charge in [0, 0.05) is 12.3 Å². The van der Waals surface area contributed by atoms with Gasteiger partial charge in [-0.2, -0.15) is 12.6 Å². The van der Waals surface area contributed by atoms with Crippen LogP contribution in [0, 0.1) is 0 Å². The van der Waals surface area contributed by atoms with Crippen LogP contribution < -0.4 is 16.4 Å². The van der Waals surface area contributed by atoms with Crippen molar-refractivity contribution in [2.24, 2.45) is 5.73 Å². The molecule has 12 heteroatoms. The first-order valence-electron chi connectivity index (χ1n) is 8.43. The van der Waals surface area contributed by atoms with E-state index in [4.69, 9.17) is 10.8 Å². The summed E-state index contributed by atoms with van der Waals surface area (Å²) in [7, 11) is 0. The molecule has 3 amide bonds. The van der Waals surface area contributed by atoms with Crippen LogP contribution in [0.5, 0.6) is 0 Å². The van der Waals surface area contributed by atoms with E-state index in [0.717, 1.165) is 0 Å². The second kappa shape index (κ2) is 10.4. The summed E-state index contributed by atoms with van der Waals surface area (Å²) in [5.74, 6) is -3.55. The van der Waals surface area contributed by atoms with E-state index < -0.39 is 60.6 Å². The molecule has 11 nitrogen and oxygen atoms in total. The maximum atomic E-state index is 12.6. The number of aliphatic hydroxyl groups is 2. The molecule has 7 N–H and O–H groups in total. The lowest BCUT2D eigenvalue weighted by molar-refractivity contribution is -0.149. The lowest BCUT2D eigenvalue weighted by Crippen LogP contribution is -2.60. The first-order valence-corrected chi connectivity index (χ1v) is 9.06. The summed E-state index contributed by atoms with van der Waals surface area (Å²) in [6.07, 6.45) is -0.463. The van der Waals surface area contributed by atoms with Crippen molar-refractivity contribution in [1.29, 1.82) is 0 Å². The Morgan fingerprint density at radius 1 is 1.26 bits per heavy atom. The standard InChI is InChI=1S/C15H26N4O7S/c1-7(21)11(18-12(22)8(16)5-20)13(23)17-9(6-27)14(24)19-4-2-3-10(19)15(25)26/h7-11,20-21,27H,2-6,16H2,1H3,(H,17,23)(H,18,22)(H,25,26). The lowest BCUT2D eigenvalue weighted by atomic mass is 10.1. The van der Waals surface area contributed by atoms with Gasteiger partial charge in [0.05, 0.1) is 12.7 Å². The maximum Gasteiger partial charge on any atom is 0.326 e. The van der Waals surface area contributed by atoms with Crippen LogP contribution in [0.2, 0.25) is 0 Å². The number of hydrogen-bond donors (Lipinski definition) is 7. The largest absolute Gasteiger partial charge is 0.480 e. The van der Waals surface area contributed by atoms with E-state index in [9.17, 15) is 29.4 Å². The number of amides is 3. The second-order valence-corrected chi connectivity index (χ2v) is 6.65. The van der Waals surface area contributed by atoms with E-state index in [0.29, 0.717) is 12.8 Å². The molecule has 5 atom stereocenters. The molecule has 27 heavy (non-hydrogen) atoms. The molecule has 1 saturated heterocycles. The Bertz CT molecular complexity index is 574. The molecule has 5 unspecified atom stereocenters. The Morgan fingerprint density at radius 2 is 1.89 bits per heavy atom. The summed E-state index contributed by atoms with van der Waals surface area (Å²) in [6, 6.07) is -4.79. The summed E-state index contributed by atoms with van der Waals surface area (Å²) in [5.41, 5.74) is 5.36. The molecule has 1 rings (SSSR count). The topological polar surface area (TPSA) is 182 Å². The zero-order chi connectivity index (χ0) is 20.7. The van der Waals surface area contributed by atoms with Gasteiger partial charge in [0.1, 0.15) is 24.2 Å². The van der Waals surface area contributed by atoms with Gasteiger partial charge in [-0.1, -0.05) is 0 Å². The molecule has 0 aromatic carbocycles. The molecule has 0 saturated carbocycles. The Kier molecular flexibility index (Phi) is 8.96. The minimum atomic E-state index is -1.42. The van der Waals surface area contributed by atoms with Gasteiger partial charge in [0.15, 0.2) is 0 Å². The van der Waals surface area contributed by atoms with Crippen LogP contribution in [0.15, 0.2) is 0 Å². The lowest BCUT2D eigenvalue weighted by Gasteiger charge is -2.28. The van der Waals surface area contributed by atoms with Crippen molar-refractivity contribution in [3.63, 3.8) is 0 Å². The van der Waals surface area contributed by atoms with Crippen molar-refractivity contribution >= 4 is 36.3 Å². The van der Waals surface area contributed by atoms with Gasteiger partial charge in [-0.3, -0.25) is 14.4 Å². The fourth-order valence-electron chi connectivity index (χ4n) is 2.68. The molecule has 1 heterocycles. The van der Waals surface area contributed by atoms with E-state index in [2.05, 4.69) is 23.3 Å². The van der Waals surface area contributed by atoms with Gasteiger partial charge in [0.2, 0.25) is 17.7 Å². The quantitative estimate of drug-likeness (QED) is 0.194. The smallest absolute Gasteiger partial charge is 0.326 e. The number of thiol groups is 1. The molecule has 0 aromatic heterocycles. The minimum absolute atomic E-state index is 0.107. The fourth-order valence-corrected chi connectivity index (χ4v) is 2.93. The average molecular weight is 406 g/mol. The number of carbonyl (C=O) groups is 4. The number of carboxylic acid groups (broad SMARTS) is 1. The van der Waals surface area contributed by atoms with Gasteiger partial charge in [0.25, 0.3) is 0 Å². The monoisotopic (exact) mass is 406 g/mol. The van der Waals surface area contributed by atoms with Crippen LogP contribution in [-0.2, 0) is 19.2 Å². The maximum absolute atomic E-state index is 12.6. The summed E-state index contributed by atoms with van der Waals surface area (Å²) in [5, 5.41) is 32.4. The first kappa shape index (κ1) is 23.1. The molecule has 1 aliphatic rings. The van der Waals surface area contributed by atoms with Gasteiger partial charge >= 0.3 is 5.97 Å². The molecule has 0 aliphatic carbocycles. The number of nitrogens with two attached hydrogens (primary N) is 1.